The molecule has 0 saturated carbocycles. The van der Waals surface area contributed by atoms with Gasteiger partial charge in [-0.05, 0) is 30.2 Å². The van der Waals surface area contributed by atoms with Crippen LogP contribution in [-0.2, 0) is 11.3 Å². The number of ether oxygens (including phenoxy) is 2. The number of methoxy groups -OCH3 is 1. The molecule has 0 N–H and O–H groups in total. The Morgan fingerprint density at radius 2 is 2.00 bits per heavy atom. The number of nitrogens with zero attached hydrogens (tertiary/aromatic N) is 3. The topological polar surface area (TPSA) is 65.8 Å². The van der Waals surface area contributed by atoms with E-state index in [9.17, 15) is 10.1 Å². The smallest absolute Gasteiger partial charge is 0.229 e. The third kappa shape index (κ3) is 4.41. The van der Waals surface area contributed by atoms with Gasteiger partial charge in [0.2, 0.25) is 5.91 Å². The second kappa shape index (κ2) is 9.46. The number of nitriles is 1. The summed E-state index contributed by atoms with van der Waals surface area (Å²) in [6, 6.07) is 18.3. The molecule has 2 aliphatic heterocycles. The molecule has 1 fully saturated rings. The summed E-state index contributed by atoms with van der Waals surface area (Å²) in [4.78, 5) is 17.1. The van der Waals surface area contributed by atoms with Crippen LogP contribution in [0.15, 0.2) is 59.1 Å². The Hall–Kier alpha value is -2.95. The molecular formula is C24H25N3O3S. The van der Waals surface area contributed by atoms with Gasteiger partial charge in [0.05, 0.1) is 42.9 Å². The van der Waals surface area contributed by atoms with Gasteiger partial charge in [-0.25, -0.2) is 0 Å². The molecule has 7 heteroatoms. The van der Waals surface area contributed by atoms with Crippen LogP contribution in [0.2, 0.25) is 0 Å². The van der Waals surface area contributed by atoms with Crippen LogP contribution in [0, 0.1) is 11.3 Å². The number of benzene rings is 2. The van der Waals surface area contributed by atoms with Crippen molar-refractivity contribution in [2.24, 2.45) is 0 Å². The first-order valence-corrected chi connectivity index (χ1v) is 11.3. The van der Waals surface area contributed by atoms with Crippen molar-refractivity contribution < 1.29 is 14.3 Å². The lowest BCUT2D eigenvalue weighted by Gasteiger charge is -2.41. The molecule has 0 aromatic heterocycles. The third-order valence-electron chi connectivity index (χ3n) is 5.49. The Labute approximate surface area is 187 Å². The van der Waals surface area contributed by atoms with Gasteiger partial charge in [0.15, 0.2) is 11.5 Å². The van der Waals surface area contributed by atoms with Crippen LogP contribution < -0.4 is 9.47 Å². The number of hydrogen-bond donors (Lipinski definition) is 0. The number of allylic oxidation sites excluding steroid dienone is 1. The molecule has 160 valence electrons. The Morgan fingerprint density at radius 1 is 1.19 bits per heavy atom. The monoisotopic (exact) mass is 435 g/mol. The van der Waals surface area contributed by atoms with E-state index in [1.807, 2.05) is 43.3 Å². The number of amides is 1. The van der Waals surface area contributed by atoms with E-state index in [1.54, 1.807) is 23.8 Å². The highest BCUT2D eigenvalue weighted by Gasteiger charge is 2.38. The van der Waals surface area contributed by atoms with Crippen molar-refractivity contribution in [3.05, 3.63) is 70.3 Å². The number of carbonyl (C=O) groups excluding carboxylic acids is 1. The summed E-state index contributed by atoms with van der Waals surface area (Å²) in [5.74, 6) is 1.77. The van der Waals surface area contributed by atoms with Gasteiger partial charge in [-0.1, -0.05) is 48.2 Å². The van der Waals surface area contributed by atoms with E-state index in [2.05, 4.69) is 23.1 Å². The predicted octanol–water partition coefficient (Wildman–Crippen LogP) is 4.31. The maximum absolute atomic E-state index is 13.1. The molecule has 0 aliphatic carbocycles. The third-order valence-corrected chi connectivity index (χ3v) is 6.70. The van der Waals surface area contributed by atoms with E-state index in [0.717, 1.165) is 23.0 Å². The summed E-state index contributed by atoms with van der Waals surface area (Å²) in [6.07, 6.45) is 0.267. The summed E-state index contributed by atoms with van der Waals surface area (Å²) >= 11 is 1.56. The minimum Gasteiger partial charge on any atom is -0.493 e. The zero-order valence-electron chi connectivity index (χ0n) is 17.7. The zero-order valence-corrected chi connectivity index (χ0v) is 18.5. The van der Waals surface area contributed by atoms with Crippen LogP contribution in [0.25, 0.3) is 0 Å². The zero-order chi connectivity index (χ0) is 21.8. The van der Waals surface area contributed by atoms with Crippen molar-refractivity contribution in [1.82, 2.24) is 9.80 Å². The maximum Gasteiger partial charge on any atom is 0.229 e. The molecule has 1 saturated heterocycles. The Morgan fingerprint density at radius 3 is 2.71 bits per heavy atom. The highest BCUT2D eigenvalue weighted by molar-refractivity contribution is 8.03. The van der Waals surface area contributed by atoms with E-state index in [4.69, 9.17) is 9.47 Å². The van der Waals surface area contributed by atoms with E-state index < -0.39 is 0 Å². The lowest BCUT2D eigenvalue weighted by molar-refractivity contribution is -0.131. The second-order valence-corrected chi connectivity index (χ2v) is 8.42. The normalized spacial score (nSPS) is 19.1. The second-order valence-electron chi connectivity index (χ2n) is 7.48. The number of carbonyl (C=O) groups is 1. The Bertz CT molecular complexity index is 1030. The molecule has 0 spiro atoms. The molecule has 2 aromatic rings. The first kappa shape index (κ1) is 21.3. The van der Waals surface area contributed by atoms with E-state index in [-0.39, 0.29) is 18.2 Å². The molecular weight excluding hydrogens is 410 g/mol. The first-order valence-electron chi connectivity index (χ1n) is 10.3. The summed E-state index contributed by atoms with van der Waals surface area (Å²) in [5, 5.41) is 10.8. The fraction of sp³-hybridized carbons (Fsp3) is 0.333. The summed E-state index contributed by atoms with van der Waals surface area (Å²) < 4.78 is 11.1. The van der Waals surface area contributed by atoms with Crippen LogP contribution >= 0.6 is 11.8 Å². The van der Waals surface area contributed by atoms with Crippen LogP contribution in [0.4, 0.5) is 0 Å². The quantitative estimate of drug-likeness (QED) is 0.674. The molecule has 1 amide bonds. The predicted molar refractivity (Wildman–Crippen MR) is 120 cm³/mol. The van der Waals surface area contributed by atoms with Gasteiger partial charge in [-0.15, -0.1) is 0 Å². The standard InChI is InChI=1S/C24H25N3O3S/c1-3-30-21-10-9-18(11-22(21)29-2)19-12-23(28)27-15-26(14-17-7-5-4-6-8-17)16-31-24(27)20(19)13-25/h4-11,19H,3,12,14-16H2,1-2H3/t19-/m0/s1. The minimum atomic E-state index is -0.276. The van der Waals surface area contributed by atoms with Gasteiger partial charge in [0.1, 0.15) is 0 Å². The summed E-state index contributed by atoms with van der Waals surface area (Å²) in [5.41, 5.74) is 2.75. The van der Waals surface area contributed by atoms with Crippen LogP contribution in [-0.4, -0.2) is 42.0 Å². The molecule has 1 atom stereocenters. The number of hydrogen-bond acceptors (Lipinski definition) is 6. The van der Waals surface area contributed by atoms with Gasteiger partial charge < -0.3 is 9.47 Å². The van der Waals surface area contributed by atoms with Crippen LogP contribution in [0.3, 0.4) is 0 Å². The number of fused-ring (bicyclic) bond motifs is 1. The molecule has 31 heavy (non-hydrogen) atoms. The number of rotatable bonds is 6. The number of thioether (sulfide) groups is 1. The summed E-state index contributed by atoms with van der Waals surface area (Å²) in [6.45, 7) is 3.73. The highest BCUT2D eigenvalue weighted by Crippen LogP contribution is 2.44. The molecule has 4 rings (SSSR count). The molecule has 2 heterocycles. The molecule has 0 unspecified atom stereocenters. The highest BCUT2D eigenvalue weighted by atomic mass is 32.2. The van der Waals surface area contributed by atoms with Crippen molar-refractivity contribution in [3.8, 4) is 17.6 Å². The van der Waals surface area contributed by atoms with Crippen LogP contribution in [0.5, 0.6) is 11.5 Å². The van der Waals surface area contributed by atoms with Gasteiger partial charge in [-0.3, -0.25) is 14.6 Å². The van der Waals surface area contributed by atoms with Gasteiger partial charge in [-0.2, -0.15) is 5.26 Å². The Balaban J connectivity index is 1.60. The average molecular weight is 436 g/mol. The lowest BCUT2D eigenvalue weighted by atomic mass is 9.86. The van der Waals surface area contributed by atoms with Crippen LogP contribution in [0.1, 0.15) is 30.4 Å². The van der Waals surface area contributed by atoms with Gasteiger partial charge in [0.25, 0.3) is 0 Å². The molecule has 0 bridgehead atoms. The molecule has 2 aromatic carbocycles. The van der Waals surface area contributed by atoms with Crippen molar-refractivity contribution in [2.75, 3.05) is 26.3 Å². The molecule has 0 radical (unpaired) electrons. The maximum atomic E-state index is 13.1. The summed E-state index contributed by atoms with van der Waals surface area (Å²) in [7, 11) is 1.59. The van der Waals surface area contributed by atoms with Crippen molar-refractivity contribution in [1.29, 1.82) is 5.26 Å². The lowest BCUT2D eigenvalue weighted by Crippen LogP contribution is -2.46. The van der Waals surface area contributed by atoms with Crippen molar-refractivity contribution in [3.63, 3.8) is 0 Å². The molecule has 6 nitrogen and oxygen atoms in total. The minimum absolute atomic E-state index is 0.0390. The van der Waals surface area contributed by atoms with Crippen molar-refractivity contribution in [2.45, 2.75) is 25.8 Å². The average Bonchev–Trinajstić information content (AvgIpc) is 2.80. The first-order chi connectivity index (χ1) is 15.1. The SMILES string of the molecule is CCOc1ccc([C@@H]2CC(=O)N3CN(Cc4ccccc4)CSC3=C2C#N)cc1OC. The van der Waals surface area contributed by atoms with E-state index in [0.29, 0.717) is 30.3 Å². The fourth-order valence-electron chi connectivity index (χ4n) is 4.01. The largest absolute Gasteiger partial charge is 0.493 e. The fourth-order valence-corrected chi connectivity index (χ4v) is 5.15. The Kier molecular flexibility index (Phi) is 6.50. The van der Waals surface area contributed by atoms with Gasteiger partial charge >= 0.3 is 0 Å². The van der Waals surface area contributed by atoms with Gasteiger partial charge in [0, 0.05) is 18.9 Å². The van der Waals surface area contributed by atoms with Crippen molar-refractivity contribution >= 4 is 17.7 Å². The molecule has 2 aliphatic rings. The van der Waals surface area contributed by atoms with E-state index in [1.165, 1.54) is 5.56 Å². The van der Waals surface area contributed by atoms with E-state index >= 15 is 0 Å².